The highest BCUT2D eigenvalue weighted by Gasteiger charge is 2.21. The molecular formula is C15H25N3O3. The van der Waals surface area contributed by atoms with E-state index in [4.69, 9.17) is 9.47 Å². The molecule has 6 nitrogen and oxygen atoms in total. The van der Waals surface area contributed by atoms with Crippen LogP contribution in [0.4, 0.5) is 5.95 Å². The topological polar surface area (TPSA) is 73.3 Å². The first-order chi connectivity index (χ1) is 9.96. The normalized spacial score (nSPS) is 12.1. The van der Waals surface area contributed by atoms with Crippen molar-refractivity contribution < 1.29 is 14.3 Å². The largest absolute Gasteiger partial charge is 0.478 e. The molecule has 0 fully saturated rings. The Balaban J connectivity index is 2.86. The van der Waals surface area contributed by atoms with Crippen molar-refractivity contribution in [2.24, 2.45) is 5.92 Å². The average molecular weight is 295 g/mol. The van der Waals surface area contributed by atoms with Crippen LogP contribution in [0, 0.1) is 12.8 Å². The van der Waals surface area contributed by atoms with Gasteiger partial charge in [-0.05, 0) is 25.7 Å². The Hall–Kier alpha value is -1.85. The van der Waals surface area contributed by atoms with Gasteiger partial charge in [0.15, 0.2) is 0 Å². The molecule has 1 N–H and O–H groups in total. The molecule has 0 aliphatic carbocycles. The van der Waals surface area contributed by atoms with Gasteiger partial charge >= 0.3 is 5.97 Å². The van der Waals surface area contributed by atoms with Crippen LogP contribution < -0.4 is 10.1 Å². The maximum Gasteiger partial charge on any atom is 0.328 e. The predicted octanol–water partition coefficient (Wildman–Crippen LogP) is 2.57. The second-order valence-electron chi connectivity index (χ2n) is 5.37. The number of carbonyl (C=O) groups is 1. The lowest BCUT2D eigenvalue weighted by molar-refractivity contribution is -0.141. The summed E-state index contributed by atoms with van der Waals surface area (Å²) in [4.78, 5) is 20.4. The molecule has 1 atom stereocenters. The van der Waals surface area contributed by atoms with E-state index >= 15 is 0 Å². The first kappa shape index (κ1) is 17.2. The van der Waals surface area contributed by atoms with Crippen molar-refractivity contribution in [2.75, 3.05) is 19.0 Å². The molecule has 0 saturated heterocycles. The monoisotopic (exact) mass is 295 g/mol. The summed E-state index contributed by atoms with van der Waals surface area (Å²) in [7, 11) is 1.38. The molecule has 1 unspecified atom stereocenters. The van der Waals surface area contributed by atoms with E-state index in [0.29, 0.717) is 30.8 Å². The fraction of sp³-hybridized carbons (Fsp3) is 0.667. The van der Waals surface area contributed by atoms with Gasteiger partial charge in [-0.1, -0.05) is 20.8 Å². The fourth-order valence-corrected chi connectivity index (χ4v) is 1.87. The van der Waals surface area contributed by atoms with Crippen LogP contribution in [-0.4, -0.2) is 35.7 Å². The van der Waals surface area contributed by atoms with Crippen molar-refractivity contribution in [1.29, 1.82) is 0 Å². The summed E-state index contributed by atoms with van der Waals surface area (Å²) in [6, 6.07) is 1.31. The molecule has 0 bridgehead atoms. The van der Waals surface area contributed by atoms with Crippen molar-refractivity contribution in [3.8, 4) is 5.88 Å². The molecule has 0 spiro atoms. The number of nitrogens with zero attached hydrogens (tertiary/aromatic N) is 2. The molecule has 0 saturated carbocycles. The van der Waals surface area contributed by atoms with Crippen LogP contribution in [0.25, 0.3) is 0 Å². The van der Waals surface area contributed by atoms with Gasteiger partial charge in [-0.2, -0.15) is 4.98 Å². The molecule has 6 heteroatoms. The SMILES string of the molecule is CCCOc1cc(C)nc(NC(CC(C)C)C(=O)OC)n1. The second kappa shape index (κ2) is 8.44. The highest BCUT2D eigenvalue weighted by atomic mass is 16.5. The number of carbonyl (C=O) groups excluding carboxylic acids is 1. The summed E-state index contributed by atoms with van der Waals surface area (Å²) in [6.07, 6.45) is 1.55. The first-order valence-electron chi connectivity index (χ1n) is 7.29. The third-order valence-electron chi connectivity index (χ3n) is 2.78. The Morgan fingerprint density at radius 3 is 2.67 bits per heavy atom. The Morgan fingerprint density at radius 2 is 2.10 bits per heavy atom. The fourth-order valence-electron chi connectivity index (χ4n) is 1.87. The highest BCUT2D eigenvalue weighted by Crippen LogP contribution is 2.15. The van der Waals surface area contributed by atoms with Gasteiger partial charge in [0.1, 0.15) is 6.04 Å². The molecule has 1 aromatic heterocycles. The summed E-state index contributed by atoms with van der Waals surface area (Å²) in [5.41, 5.74) is 0.784. The number of nitrogens with one attached hydrogen (secondary N) is 1. The zero-order valence-electron chi connectivity index (χ0n) is 13.5. The lowest BCUT2D eigenvalue weighted by Crippen LogP contribution is -2.33. The summed E-state index contributed by atoms with van der Waals surface area (Å²) in [5, 5.41) is 3.04. The Kier molecular flexibility index (Phi) is 6.91. The van der Waals surface area contributed by atoms with E-state index in [1.165, 1.54) is 7.11 Å². The van der Waals surface area contributed by atoms with Gasteiger partial charge in [0.05, 0.1) is 13.7 Å². The molecule has 0 aliphatic heterocycles. The van der Waals surface area contributed by atoms with Crippen LogP contribution in [0.3, 0.4) is 0 Å². The van der Waals surface area contributed by atoms with Gasteiger partial charge < -0.3 is 14.8 Å². The van der Waals surface area contributed by atoms with Crippen molar-refractivity contribution in [3.63, 3.8) is 0 Å². The van der Waals surface area contributed by atoms with Crippen LogP contribution in [0.15, 0.2) is 6.07 Å². The van der Waals surface area contributed by atoms with Crippen molar-refractivity contribution >= 4 is 11.9 Å². The van der Waals surface area contributed by atoms with Crippen LogP contribution in [0.2, 0.25) is 0 Å². The number of esters is 1. The lowest BCUT2D eigenvalue weighted by Gasteiger charge is -2.18. The number of aromatic nitrogens is 2. The third kappa shape index (κ3) is 5.97. The van der Waals surface area contributed by atoms with Gasteiger partial charge in [-0.25, -0.2) is 9.78 Å². The maximum atomic E-state index is 11.8. The standard InChI is InChI=1S/C15H25N3O3/c1-6-7-21-13-9-11(4)16-15(18-13)17-12(8-10(2)3)14(19)20-5/h9-10,12H,6-8H2,1-5H3,(H,16,17,18). The molecule has 0 aromatic carbocycles. The van der Waals surface area contributed by atoms with Crippen molar-refractivity contribution in [1.82, 2.24) is 9.97 Å². The van der Waals surface area contributed by atoms with Crippen LogP contribution in [-0.2, 0) is 9.53 Å². The van der Waals surface area contributed by atoms with Gasteiger partial charge in [-0.3, -0.25) is 0 Å². The van der Waals surface area contributed by atoms with Gasteiger partial charge in [0.25, 0.3) is 0 Å². The summed E-state index contributed by atoms with van der Waals surface area (Å²) in [6.45, 7) is 8.59. The molecule has 1 heterocycles. The molecule has 21 heavy (non-hydrogen) atoms. The maximum absolute atomic E-state index is 11.8. The van der Waals surface area contributed by atoms with E-state index in [1.807, 2.05) is 27.7 Å². The molecule has 118 valence electrons. The van der Waals surface area contributed by atoms with Crippen molar-refractivity contribution in [2.45, 2.75) is 46.6 Å². The van der Waals surface area contributed by atoms with Gasteiger partial charge in [0, 0.05) is 11.8 Å². The number of anilines is 1. The molecule has 0 radical (unpaired) electrons. The smallest absolute Gasteiger partial charge is 0.328 e. The van der Waals surface area contributed by atoms with Crippen molar-refractivity contribution in [3.05, 3.63) is 11.8 Å². The quantitative estimate of drug-likeness (QED) is 0.743. The van der Waals surface area contributed by atoms with E-state index in [2.05, 4.69) is 15.3 Å². The third-order valence-corrected chi connectivity index (χ3v) is 2.78. The predicted molar refractivity (Wildman–Crippen MR) is 81.4 cm³/mol. The minimum atomic E-state index is -0.462. The number of aryl methyl sites for hydroxylation is 1. The molecule has 0 amide bonds. The number of hydrogen-bond acceptors (Lipinski definition) is 6. The first-order valence-corrected chi connectivity index (χ1v) is 7.29. The second-order valence-corrected chi connectivity index (χ2v) is 5.37. The average Bonchev–Trinajstić information content (AvgIpc) is 2.42. The van der Waals surface area contributed by atoms with Gasteiger partial charge in [0.2, 0.25) is 11.8 Å². The van der Waals surface area contributed by atoms with E-state index in [-0.39, 0.29) is 5.97 Å². The highest BCUT2D eigenvalue weighted by molar-refractivity contribution is 5.78. The summed E-state index contributed by atoms with van der Waals surface area (Å²) >= 11 is 0. The lowest BCUT2D eigenvalue weighted by atomic mass is 10.0. The summed E-state index contributed by atoms with van der Waals surface area (Å²) < 4.78 is 10.3. The van der Waals surface area contributed by atoms with Crippen LogP contribution >= 0.6 is 0 Å². The van der Waals surface area contributed by atoms with E-state index in [9.17, 15) is 4.79 Å². The molecule has 1 aromatic rings. The zero-order valence-corrected chi connectivity index (χ0v) is 13.5. The Labute approximate surface area is 126 Å². The van der Waals surface area contributed by atoms with Gasteiger partial charge in [-0.15, -0.1) is 0 Å². The van der Waals surface area contributed by atoms with E-state index in [0.717, 1.165) is 12.1 Å². The minimum absolute atomic E-state index is 0.315. The summed E-state index contributed by atoms with van der Waals surface area (Å²) in [5.74, 6) is 0.934. The number of ether oxygens (including phenoxy) is 2. The number of rotatable bonds is 8. The van der Waals surface area contributed by atoms with Crippen LogP contribution in [0.5, 0.6) is 5.88 Å². The molecule has 1 rings (SSSR count). The zero-order chi connectivity index (χ0) is 15.8. The molecule has 0 aliphatic rings. The van der Waals surface area contributed by atoms with E-state index < -0.39 is 6.04 Å². The van der Waals surface area contributed by atoms with Crippen LogP contribution in [0.1, 0.15) is 39.3 Å². The minimum Gasteiger partial charge on any atom is -0.478 e. The van der Waals surface area contributed by atoms with E-state index in [1.54, 1.807) is 6.07 Å². The number of hydrogen-bond donors (Lipinski definition) is 1. The number of methoxy groups -OCH3 is 1. The Morgan fingerprint density at radius 1 is 1.38 bits per heavy atom. The molecular weight excluding hydrogens is 270 g/mol. The Bertz CT molecular complexity index is 463.